The summed E-state index contributed by atoms with van der Waals surface area (Å²) in [6.45, 7) is 8.11. The molecule has 8 nitrogen and oxygen atoms in total. The Morgan fingerprint density at radius 3 is 2.22 bits per heavy atom. The van der Waals surface area contributed by atoms with Crippen molar-refractivity contribution in [3.8, 4) is 5.75 Å². The van der Waals surface area contributed by atoms with Crippen LogP contribution in [0.5, 0.6) is 5.75 Å². The number of aryl methyl sites for hydroxylation is 1. The van der Waals surface area contributed by atoms with E-state index in [4.69, 9.17) is 4.74 Å². The normalized spacial score (nSPS) is 12.9. The molecule has 2 atom stereocenters. The summed E-state index contributed by atoms with van der Waals surface area (Å²) in [6.07, 6.45) is 2.85. The number of carbonyl (C=O) groups is 2. The van der Waals surface area contributed by atoms with E-state index < -0.39 is 16.1 Å². The minimum Gasteiger partial charge on any atom is -0.497 e. The maximum Gasteiger partial charge on any atom is 0.243 e. The predicted octanol–water partition coefficient (Wildman–Crippen LogP) is 4.27. The van der Waals surface area contributed by atoms with Crippen molar-refractivity contribution in [2.24, 2.45) is 0 Å². The minimum absolute atomic E-state index is 0.00285. The number of methoxy groups -OCH3 is 1. The number of rotatable bonds is 14. The lowest BCUT2D eigenvalue weighted by Crippen LogP contribution is -2.50. The van der Waals surface area contributed by atoms with Crippen molar-refractivity contribution in [2.75, 3.05) is 24.2 Å². The maximum atomic E-state index is 13.5. The van der Waals surface area contributed by atoms with Crippen LogP contribution in [0, 0.1) is 6.92 Å². The van der Waals surface area contributed by atoms with Gasteiger partial charge in [-0.2, -0.15) is 0 Å². The lowest BCUT2D eigenvalue weighted by Gasteiger charge is -2.32. The van der Waals surface area contributed by atoms with E-state index in [1.807, 2.05) is 64.1 Å². The van der Waals surface area contributed by atoms with E-state index in [-0.39, 0.29) is 37.4 Å². The number of carbonyl (C=O) groups excluding carboxylic acids is 2. The Labute approximate surface area is 222 Å². The van der Waals surface area contributed by atoms with Crippen LogP contribution in [-0.2, 0) is 26.2 Å². The molecule has 37 heavy (non-hydrogen) atoms. The summed E-state index contributed by atoms with van der Waals surface area (Å²) in [5, 5.41) is 3.00. The second-order valence-corrected chi connectivity index (χ2v) is 11.2. The van der Waals surface area contributed by atoms with Crippen molar-refractivity contribution in [3.05, 3.63) is 59.7 Å². The first-order chi connectivity index (χ1) is 17.5. The SMILES string of the molecule is CC[C@@H](C)NC(=O)[C@H](CC)N(Cc1ccc(OC)cc1)C(=O)CCCN(c1ccccc1C)S(C)(=O)=O. The summed E-state index contributed by atoms with van der Waals surface area (Å²) in [5.41, 5.74) is 2.32. The van der Waals surface area contributed by atoms with Crippen LogP contribution in [-0.4, -0.2) is 57.1 Å². The van der Waals surface area contributed by atoms with Gasteiger partial charge in [-0.15, -0.1) is 0 Å². The van der Waals surface area contributed by atoms with Crippen LogP contribution < -0.4 is 14.4 Å². The van der Waals surface area contributed by atoms with E-state index in [1.54, 1.807) is 24.1 Å². The molecule has 0 unspecified atom stereocenters. The van der Waals surface area contributed by atoms with E-state index in [0.29, 0.717) is 24.3 Å². The van der Waals surface area contributed by atoms with Gasteiger partial charge in [0.05, 0.1) is 19.1 Å². The van der Waals surface area contributed by atoms with Gasteiger partial charge in [0.1, 0.15) is 11.8 Å². The van der Waals surface area contributed by atoms with Crippen molar-refractivity contribution in [2.45, 2.75) is 72.0 Å². The van der Waals surface area contributed by atoms with E-state index in [2.05, 4.69) is 5.32 Å². The predicted molar refractivity (Wildman–Crippen MR) is 148 cm³/mol. The summed E-state index contributed by atoms with van der Waals surface area (Å²) in [5.74, 6) is 0.330. The monoisotopic (exact) mass is 531 g/mol. The zero-order chi connectivity index (χ0) is 27.6. The fourth-order valence-electron chi connectivity index (χ4n) is 4.11. The molecule has 2 rings (SSSR count). The fourth-order valence-corrected chi connectivity index (χ4v) is 5.14. The van der Waals surface area contributed by atoms with Gasteiger partial charge in [0.2, 0.25) is 21.8 Å². The number of anilines is 1. The highest BCUT2D eigenvalue weighted by molar-refractivity contribution is 7.92. The van der Waals surface area contributed by atoms with Gasteiger partial charge in [-0.1, -0.05) is 44.2 Å². The Balaban J connectivity index is 2.24. The van der Waals surface area contributed by atoms with Crippen LogP contribution in [0.15, 0.2) is 48.5 Å². The Kier molecular flexibility index (Phi) is 11.4. The number of nitrogens with zero attached hydrogens (tertiary/aromatic N) is 2. The van der Waals surface area contributed by atoms with E-state index in [9.17, 15) is 18.0 Å². The molecule has 2 aromatic rings. The Morgan fingerprint density at radius 1 is 1.03 bits per heavy atom. The Morgan fingerprint density at radius 2 is 1.68 bits per heavy atom. The van der Waals surface area contributed by atoms with Gasteiger partial charge in [0.15, 0.2) is 0 Å². The van der Waals surface area contributed by atoms with Crippen LogP contribution >= 0.6 is 0 Å². The molecular weight excluding hydrogens is 490 g/mol. The third kappa shape index (κ3) is 8.77. The second kappa shape index (κ2) is 14.0. The van der Waals surface area contributed by atoms with Gasteiger partial charge >= 0.3 is 0 Å². The number of hydrogen-bond donors (Lipinski definition) is 1. The molecular formula is C28H41N3O5S. The van der Waals surface area contributed by atoms with E-state index in [0.717, 1.165) is 17.5 Å². The molecule has 0 aromatic heterocycles. The smallest absolute Gasteiger partial charge is 0.243 e. The number of amides is 2. The number of benzene rings is 2. The number of hydrogen-bond acceptors (Lipinski definition) is 5. The topological polar surface area (TPSA) is 96.0 Å². The lowest BCUT2D eigenvalue weighted by atomic mass is 10.1. The van der Waals surface area contributed by atoms with E-state index in [1.165, 1.54) is 10.6 Å². The zero-order valence-electron chi connectivity index (χ0n) is 22.9. The third-order valence-electron chi connectivity index (χ3n) is 6.44. The average Bonchev–Trinajstić information content (AvgIpc) is 2.86. The first-order valence-corrected chi connectivity index (χ1v) is 14.6. The van der Waals surface area contributed by atoms with Gasteiger partial charge in [0.25, 0.3) is 0 Å². The van der Waals surface area contributed by atoms with Gasteiger partial charge in [-0.3, -0.25) is 13.9 Å². The Hall–Kier alpha value is -3.07. The molecule has 0 radical (unpaired) electrons. The third-order valence-corrected chi connectivity index (χ3v) is 7.62. The molecule has 0 saturated carbocycles. The average molecular weight is 532 g/mol. The van der Waals surface area contributed by atoms with Gasteiger partial charge in [-0.25, -0.2) is 8.42 Å². The summed E-state index contributed by atoms with van der Waals surface area (Å²) in [4.78, 5) is 28.2. The lowest BCUT2D eigenvalue weighted by molar-refractivity contribution is -0.141. The van der Waals surface area contributed by atoms with Gasteiger partial charge < -0.3 is 15.0 Å². The molecule has 0 aliphatic carbocycles. The standard InChI is InChI=1S/C28H41N3O5S/c1-7-22(4)29-28(33)25(8-2)30(20-23-15-17-24(36-5)18-16-23)27(32)14-11-19-31(37(6,34)35)26-13-10-9-12-21(26)3/h9-10,12-13,15-18,22,25H,7-8,11,14,19-20H2,1-6H3,(H,29,33)/t22-,25+/m1/s1. The van der Waals surface area contributed by atoms with E-state index >= 15 is 0 Å². The number of para-hydroxylation sites is 1. The molecule has 0 bridgehead atoms. The molecule has 0 spiro atoms. The first-order valence-electron chi connectivity index (χ1n) is 12.8. The first kappa shape index (κ1) is 30.2. The largest absolute Gasteiger partial charge is 0.497 e. The Bertz CT molecular complexity index is 1130. The molecule has 0 fully saturated rings. The summed E-state index contributed by atoms with van der Waals surface area (Å²) >= 11 is 0. The van der Waals surface area contributed by atoms with Crippen molar-refractivity contribution in [1.29, 1.82) is 0 Å². The van der Waals surface area contributed by atoms with Crippen LogP contribution in [0.2, 0.25) is 0 Å². The van der Waals surface area contributed by atoms with Crippen LogP contribution in [0.4, 0.5) is 5.69 Å². The van der Waals surface area contributed by atoms with Crippen LogP contribution in [0.3, 0.4) is 0 Å². The highest BCUT2D eigenvalue weighted by Gasteiger charge is 2.29. The molecule has 204 valence electrons. The van der Waals surface area contributed by atoms with Crippen molar-refractivity contribution in [3.63, 3.8) is 0 Å². The van der Waals surface area contributed by atoms with Crippen molar-refractivity contribution in [1.82, 2.24) is 10.2 Å². The highest BCUT2D eigenvalue weighted by atomic mass is 32.2. The molecule has 2 amide bonds. The number of sulfonamides is 1. The molecule has 0 aliphatic rings. The van der Waals surface area contributed by atoms with Crippen LogP contribution in [0.25, 0.3) is 0 Å². The van der Waals surface area contributed by atoms with Crippen molar-refractivity contribution >= 4 is 27.5 Å². The molecule has 0 aliphatic heterocycles. The zero-order valence-corrected chi connectivity index (χ0v) is 23.7. The van der Waals surface area contributed by atoms with Crippen molar-refractivity contribution < 1.29 is 22.7 Å². The molecule has 2 aromatic carbocycles. The summed E-state index contributed by atoms with van der Waals surface area (Å²) < 4.78 is 31.6. The van der Waals surface area contributed by atoms with Crippen LogP contribution in [0.1, 0.15) is 57.6 Å². The molecule has 1 N–H and O–H groups in total. The molecule has 0 saturated heterocycles. The fraction of sp³-hybridized carbons (Fsp3) is 0.500. The second-order valence-electron chi connectivity index (χ2n) is 9.34. The molecule has 9 heteroatoms. The summed E-state index contributed by atoms with van der Waals surface area (Å²) in [7, 11) is -1.94. The summed E-state index contributed by atoms with van der Waals surface area (Å²) in [6, 6.07) is 14.0. The van der Waals surface area contributed by atoms with Gasteiger partial charge in [-0.05, 0) is 62.4 Å². The maximum absolute atomic E-state index is 13.5. The molecule has 0 heterocycles. The number of nitrogens with one attached hydrogen (secondary N) is 1. The minimum atomic E-state index is -3.53. The van der Waals surface area contributed by atoms with Gasteiger partial charge in [0, 0.05) is 25.6 Å². The number of ether oxygens (including phenoxy) is 1. The quantitative estimate of drug-likeness (QED) is 0.393. The highest BCUT2D eigenvalue weighted by Crippen LogP contribution is 2.23.